The van der Waals surface area contributed by atoms with Crippen LogP contribution >= 0.6 is 0 Å². The number of hydrogen-bond donors (Lipinski definition) is 0. The van der Waals surface area contributed by atoms with Gasteiger partial charge in [-0.1, -0.05) is 18.2 Å². The van der Waals surface area contributed by atoms with Gasteiger partial charge < -0.3 is 24.0 Å². The van der Waals surface area contributed by atoms with Gasteiger partial charge in [0.05, 0.1) is 19.3 Å². The van der Waals surface area contributed by atoms with Crippen molar-refractivity contribution in [3.05, 3.63) is 52.6 Å². The summed E-state index contributed by atoms with van der Waals surface area (Å²) in [6.07, 6.45) is 1.39. The van der Waals surface area contributed by atoms with Gasteiger partial charge in [0.1, 0.15) is 23.7 Å². The lowest BCUT2D eigenvalue weighted by Crippen LogP contribution is -2.38. The number of benzene rings is 2. The molecule has 172 valence electrons. The topological polar surface area (TPSA) is 51.2 Å². The lowest BCUT2D eigenvalue weighted by molar-refractivity contribution is 0.0258. The van der Waals surface area contributed by atoms with Crippen LogP contribution < -0.4 is 14.4 Å². The van der Waals surface area contributed by atoms with Crippen molar-refractivity contribution in [1.82, 2.24) is 4.90 Å². The van der Waals surface area contributed by atoms with E-state index < -0.39 is 5.60 Å². The number of amides is 1. The molecule has 0 aliphatic carbocycles. The third-order valence-electron chi connectivity index (χ3n) is 6.16. The molecule has 32 heavy (non-hydrogen) atoms. The Hall–Kier alpha value is -2.89. The summed E-state index contributed by atoms with van der Waals surface area (Å²) in [5.41, 5.74) is 5.67. The van der Waals surface area contributed by atoms with Crippen molar-refractivity contribution >= 4 is 11.8 Å². The highest BCUT2D eigenvalue weighted by atomic mass is 16.6. The lowest BCUT2D eigenvalue weighted by atomic mass is 9.94. The first-order valence-corrected chi connectivity index (χ1v) is 11.4. The number of ether oxygens (including phenoxy) is 3. The molecular formula is C26H34N2O4. The van der Waals surface area contributed by atoms with E-state index in [2.05, 4.69) is 24.0 Å². The molecule has 6 nitrogen and oxygen atoms in total. The molecule has 1 amide bonds. The summed E-state index contributed by atoms with van der Waals surface area (Å²) in [7, 11) is 1.72. The predicted molar refractivity (Wildman–Crippen MR) is 126 cm³/mol. The van der Waals surface area contributed by atoms with E-state index in [-0.39, 0.29) is 6.09 Å². The second-order valence-corrected chi connectivity index (χ2v) is 9.54. The van der Waals surface area contributed by atoms with Crippen molar-refractivity contribution in [3.63, 3.8) is 0 Å². The van der Waals surface area contributed by atoms with E-state index in [4.69, 9.17) is 14.2 Å². The maximum Gasteiger partial charge on any atom is 0.410 e. The third kappa shape index (κ3) is 4.64. The van der Waals surface area contributed by atoms with Crippen molar-refractivity contribution in [2.75, 3.05) is 38.3 Å². The summed E-state index contributed by atoms with van der Waals surface area (Å²) >= 11 is 0. The van der Waals surface area contributed by atoms with Crippen LogP contribution in [0.1, 0.15) is 43.0 Å². The maximum atomic E-state index is 12.6. The SMILES string of the molecule is COc1ccccc1CN1CCOc2cc3c(c(C)c21)CCN(C(=O)OC(C)(C)C)CC3. The number of hydrogen-bond acceptors (Lipinski definition) is 5. The fourth-order valence-corrected chi connectivity index (χ4v) is 4.65. The molecule has 0 fully saturated rings. The Morgan fingerprint density at radius 2 is 1.88 bits per heavy atom. The van der Waals surface area contributed by atoms with E-state index in [9.17, 15) is 4.79 Å². The fourth-order valence-electron chi connectivity index (χ4n) is 4.65. The molecular weight excluding hydrogens is 404 g/mol. The van der Waals surface area contributed by atoms with Gasteiger partial charge in [-0.25, -0.2) is 4.79 Å². The summed E-state index contributed by atoms with van der Waals surface area (Å²) < 4.78 is 17.3. The van der Waals surface area contributed by atoms with E-state index in [1.165, 1.54) is 16.7 Å². The smallest absolute Gasteiger partial charge is 0.410 e. The minimum absolute atomic E-state index is 0.234. The van der Waals surface area contributed by atoms with Crippen molar-refractivity contribution in [2.45, 2.75) is 52.7 Å². The largest absolute Gasteiger partial charge is 0.496 e. The minimum Gasteiger partial charge on any atom is -0.496 e. The molecule has 2 aliphatic heterocycles. The molecule has 2 aromatic rings. The number of carbonyl (C=O) groups excluding carboxylic acids is 1. The molecule has 0 N–H and O–H groups in total. The van der Waals surface area contributed by atoms with Crippen LogP contribution in [0.25, 0.3) is 0 Å². The second kappa shape index (κ2) is 8.93. The summed E-state index contributed by atoms with van der Waals surface area (Å²) in [6, 6.07) is 10.4. The van der Waals surface area contributed by atoms with Gasteiger partial charge in [0.2, 0.25) is 0 Å². The summed E-state index contributed by atoms with van der Waals surface area (Å²) in [4.78, 5) is 16.9. The highest BCUT2D eigenvalue weighted by molar-refractivity contribution is 5.71. The maximum absolute atomic E-state index is 12.6. The van der Waals surface area contributed by atoms with Crippen LogP contribution in [0.5, 0.6) is 11.5 Å². The first kappa shape index (κ1) is 22.3. The zero-order valence-electron chi connectivity index (χ0n) is 19.9. The molecule has 0 bridgehead atoms. The van der Waals surface area contributed by atoms with E-state index in [1.807, 2.05) is 43.9 Å². The molecule has 0 spiro atoms. The Morgan fingerprint density at radius 3 is 2.62 bits per heavy atom. The summed E-state index contributed by atoms with van der Waals surface area (Å²) in [5.74, 6) is 1.84. The highest BCUT2D eigenvalue weighted by Crippen LogP contribution is 2.41. The second-order valence-electron chi connectivity index (χ2n) is 9.54. The summed E-state index contributed by atoms with van der Waals surface area (Å²) in [6.45, 7) is 11.5. The van der Waals surface area contributed by atoms with Crippen LogP contribution in [0.3, 0.4) is 0 Å². The van der Waals surface area contributed by atoms with Crippen molar-refractivity contribution < 1.29 is 19.0 Å². The molecule has 2 aliphatic rings. The Kier molecular flexibility index (Phi) is 6.22. The van der Waals surface area contributed by atoms with Crippen LogP contribution in [-0.2, 0) is 24.1 Å². The molecule has 0 atom stereocenters. The average molecular weight is 439 g/mol. The molecule has 0 aromatic heterocycles. The quantitative estimate of drug-likeness (QED) is 0.693. The number of methoxy groups -OCH3 is 1. The van der Waals surface area contributed by atoms with Gasteiger partial charge in [-0.3, -0.25) is 0 Å². The number of fused-ring (bicyclic) bond motifs is 2. The fraction of sp³-hybridized carbons (Fsp3) is 0.500. The zero-order chi connectivity index (χ0) is 22.9. The van der Waals surface area contributed by atoms with Gasteiger partial charge in [-0.2, -0.15) is 0 Å². The van der Waals surface area contributed by atoms with Crippen LogP contribution in [0.4, 0.5) is 10.5 Å². The molecule has 0 radical (unpaired) electrons. The van der Waals surface area contributed by atoms with Gasteiger partial charge in [-0.05, 0) is 69.4 Å². The molecule has 2 heterocycles. The Bertz CT molecular complexity index is 996. The monoisotopic (exact) mass is 438 g/mol. The molecule has 6 heteroatoms. The molecule has 0 saturated carbocycles. The number of rotatable bonds is 3. The van der Waals surface area contributed by atoms with Crippen LogP contribution in [0.2, 0.25) is 0 Å². The normalized spacial score (nSPS) is 15.9. The zero-order valence-corrected chi connectivity index (χ0v) is 19.9. The Labute approximate surface area is 191 Å². The van der Waals surface area contributed by atoms with Crippen LogP contribution in [-0.4, -0.2) is 49.9 Å². The first-order valence-electron chi connectivity index (χ1n) is 11.4. The van der Waals surface area contributed by atoms with Crippen molar-refractivity contribution in [2.24, 2.45) is 0 Å². The van der Waals surface area contributed by atoms with Crippen LogP contribution in [0.15, 0.2) is 30.3 Å². The summed E-state index contributed by atoms with van der Waals surface area (Å²) in [5, 5.41) is 0. The van der Waals surface area contributed by atoms with Gasteiger partial charge in [0.15, 0.2) is 0 Å². The number of nitrogens with zero attached hydrogens (tertiary/aromatic N) is 2. The lowest BCUT2D eigenvalue weighted by Gasteiger charge is -2.34. The van der Waals surface area contributed by atoms with Gasteiger partial charge in [0.25, 0.3) is 0 Å². The Morgan fingerprint density at radius 1 is 1.12 bits per heavy atom. The number of anilines is 1. The van der Waals surface area contributed by atoms with Gasteiger partial charge in [0, 0.05) is 25.2 Å². The van der Waals surface area contributed by atoms with E-state index >= 15 is 0 Å². The first-order chi connectivity index (χ1) is 15.3. The van der Waals surface area contributed by atoms with Gasteiger partial charge >= 0.3 is 6.09 Å². The van der Waals surface area contributed by atoms with Crippen molar-refractivity contribution in [3.8, 4) is 11.5 Å². The number of carbonyl (C=O) groups is 1. The molecule has 0 unspecified atom stereocenters. The average Bonchev–Trinajstić information content (AvgIpc) is 2.96. The highest BCUT2D eigenvalue weighted by Gasteiger charge is 2.29. The minimum atomic E-state index is -0.488. The van der Waals surface area contributed by atoms with E-state index in [1.54, 1.807) is 7.11 Å². The third-order valence-corrected chi connectivity index (χ3v) is 6.16. The Balaban J connectivity index is 1.60. The van der Waals surface area contributed by atoms with E-state index in [0.29, 0.717) is 19.7 Å². The standard InChI is InChI=1S/C26H34N2O4/c1-18-21-11-13-27(25(29)32-26(2,3)4)12-10-19(21)16-23-24(18)28(14-15-31-23)17-20-8-6-7-9-22(20)30-5/h6-9,16H,10-15,17H2,1-5H3. The molecule has 4 rings (SSSR count). The number of para-hydroxylation sites is 1. The predicted octanol–water partition coefficient (Wildman–Crippen LogP) is 4.74. The molecule has 2 aromatic carbocycles. The van der Waals surface area contributed by atoms with Crippen molar-refractivity contribution in [1.29, 1.82) is 0 Å². The van der Waals surface area contributed by atoms with E-state index in [0.717, 1.165) is 48.7 Å². The van der Waals surface area contributed by atoms with Gasteiger partial charge in [-0.15, -0.1) is 0 Å². The van der Waals surface area contributed by atoms with Crippen LogP contribution in [0, 0.1) is 6.92 Å². The molecule has 0 saturated heterocycles.